The first-order chi connectivity index (χ1) is 13.6. The van der Waals surface area contributed by atoms with E-state index in [0.717, 1.165) is 33.2 Å². The molecular formula is C21H16N4O2S. The van der Waals surface area contributed by atoms with Gasteiger partial charge in [0.2, 0.25) is 0 Å². The smallest absolute Gasteiger partial charge is 0.261 e. The van der Waals surface area contributed by atoms with Crippen LogP contribution in [-0.2, 0) is 10.0 Å². The van der Waals surface area contributed by atoms with Gasteiger partial charge in [0.25, 0.3) is 10.0 Å². The second-order valence-electron chi connectivity index (χ2n) is 6.52. The van der Waals surface area contributed by atoms with Crippen molar-refractivity contribution >= 4 is 37.5 Å². The Hall–Kier alpha value is -3.58. The van der Waals surface area contributed by atoms with Crippen molar-refractivity contribution in [1.29, 1.82) is 0 Å². The van der Waals surface area contributed by atoms with Crippen LogP contribution in [0.5, 0.6) is 0 Å². The SMILES string of the molecule is O=S(=O)(Nc1ccc2[nH]nc(-c3cc4ccccc4[nH]3)c2c1)c1ccccc1. The van der Waals surface area contributed by atoms with Crippen molar-refractivity contribution in [3.05, 3.63) is 78.9 Å². The van der Waals surface area contributed by atoms with Gasteiger partial charge in [0, 0.05) is 22.0 Å². The number of hydrogen-bond donors (Lipinski definition) is 3. The van der Waals surface area contributed by atoms with Crippen molar-refractivity contribution in [3.8, 4) is 11.4 Å². The molecule has 0 bridgehead atoms. The highest BCUT2D eigenvalue weighted by Gasteiger charge is 2.16. The van der Waals surface area contributed by atoms with Crippen molar-refractivity contribution in [1.82, 2.24) is 15.2 Å². The van der Waals surface area contributed by atoms with Crippen molar-refractivity contribution < 1.29 is 8.42 Å². The quantitative estimate of drug-likeness (QED) is 0.423. The molecule has 3 N–H and O–H groups in total. The fourth-order valence-electron chi connectivity index (χ4n) is 3.30. The molecule has 0 atom stereocenters. The highest BCUT2D eigenvalue weighted by atomic mass is 32.2. The Kier molecular flexibility index (Phi) is 3.70. The summed E-state index contributed by atoms with van der Waals surface area (Å²) in [7, 11) is -3.65. The van der Waals surface area contributed by atoms with Gasteiger partial charge in [0.05, 0.1) is 16.1 Å². The van der Waals surface area contributed by atoms with Gasteiger partial charge in [-0.3, -0.25) is 9.82 Å². The monoisotopic (exact) mass is 388 g/mol. The van der Waals surface area contributed by atoms with Crippen molar-refractivity contribution in [2.24, 2.45) is 0 Å². The number of aromatic amines is 2. The van der Waals surface area contributed by atoms with Crippen molar-refractivity contribution in [2.75, 3.05) is 4.72 Å². The topological polar surface area (TPSA) is 90.6 Å². The molecule has 0 aliphatic heterocycles. The second kappa shape index (κ2) is 6.24. The van der Waals surface area contributed by atoms with Crippen LogP contribution >= 0.6 is 0 Å². The van der Waals surface area contributed by atoms with E-state index in [2.05, 4.69) is 19.9 Å². The minimum Gasteiger partial charge on any atom is -0.353 e. The number of fused-ring (bicyclic) bond motifs is 2. The van der Waals surface area contributed by atoms with E-state index in [1.54, 1.807) is 42.5 Å². The Balaban J connectivity index is 1.57. The van der Waals surface area contributed by atoms with Gasteiger partial charge in [-0.25, -0.2) is 8.42 Å². The maximum Gasteiger partial charge on any atom is 0.261 e. The number of para-hydroxylation sites is 1. The summed E-state index contributed by atoms with van der Waals surface area (Å²) in [5.74, 6) is 0. The number of nitrogens with zero attached hydrogens (tertiary/aromatic N) is 1. The molecule has 2 heterocycles. The summed E-state index contributed by atoms with van der Waals surface area (Å²) < 4.78 is 27.9. The molecule has 6 nitrogen and oxygen atoms in total. The zero-order chi connectivity index (χ0) is 19.1. The number of nitrogens with one attached hydrogen (secondary N) is 3. The van der Waals surface area contributed by atoms with Gasteiger partial charge in [-0.15, -0.1) is 0 Å². The summed E-state index contributed by atoms with van der Waals surface area (Å²) in [5.41, 5.74) is 3.95. The Morgan fingerprint density at radius 3 is 2.43 bits per heavy atom. The third kappa shape index (κ3) is 2.82. The lowest BCUT2D eigenvalue weighted by Gasteiger charge is -2.08. The standard InChI is InChI=1S/C21H16N4O2S/c26-28(27,16-7-2-1-3-8-16)25-15-10-11-19-17(13-15)21(24-23-19)20-12-14-6-4-5-9-18(14)22-20/h1-13,22,25H,(H,23,24). The van der Waals surface area contributed by atoms with Crippen LogP contribution in [0, 0.1) is 0 Å². The van der Waals surface area contributed by atoms with Gasteiger partial charge in [-0.05, 0) is 42.5 Å². The van der Waals surface area contributed by atoms with E-state index in [9.17, 15) is 8.42 Å². The number of sulfonamides is 1. The molecule has 138 valence electrons. The van der Waals surface area contributed by atoms with E-state index < -0.39 is 10.0 Å². The summed E-state index contributed by atoms with van der Waals surface area (Å²) in [6.07, 6.45) is 0. The van der Waals surface area contributed by atoms with E-state index in [0.29, 0.717) is 5.69 Å². The highest BCUT2D eigenvalue weighted by Crippen LogP contribution is 2.30. The van der Waals surface area contributed by atoms with Crippen LogP contribution in [0.3, 0.4) is 0 Å². The zero-order valence-corrected chi connectivity index (χ0v) is 15.5. The molecule has 0 spiro atoms. The summed E-state index contributed by atoms with van der Waals surface area (Å²) in [6, 6.07) is 23.7. The third-order valence-electron chi connectivity index (χ3n) is 4.65. The van der Waals surface area contributed by atoms with Crippen molar-refractivity contribution in [3.63, 3.8) is 0 Å². The molecule has 0 aliphatic rings. The Morgan fingerprint density at radius 2 is 1.61 bits per heavy atom. The first-order valence-corrected chi connectivity index (χ1v) is 10.2. The molecule has 5 rings (SSSR count). The number of H-pyrrole nitrogens is 2. The maximum atomic E-state index is 12.6. The summed E-state index contributed by atoms with van der Waals surface area (Å²) >= 11 is 0. The predicted molar refractivity (Wildman–Crippen MR) is 111 cm³/mol. The molecule has 0 aliphatic carbocycles. The summed E-state index contributed by atoms with van der Waals surface area (Å²) in [4.78, 5) is 3.58. The Bertz CT molecular complexity index is 1370. The molecule has 0 radical (unpaired) electrons. The lowest BCUT2D eigenvalue weighted by Crippen LogP contribution is -2.12. The van der Waals surface area contributed by atoms with Crippen LogP contribution in [0.15, 0.2) is 83.8 Å². The normalized spacial score (nSPS) is 11.9. The molecule has 0 saturated carbocycles. The van der Waals surface area contributed by atoms with Crippen LogP contribution < -0.4 is 4.72 Å². The van der Waals surface area contributed by atoms with Crippen LogP contribution in [0.25, 0.3) is 33.2 Å². The van der Waals surface area contributed by atoms with Gasteiger partial charge in [0.15, 0.2) is 0 Å². The fourth-order valence-corrected chi connectivity index (χ4v) is 4.37. The number of anilines is 1. The molecule has 28 heavy (non-hydrogen) atoms. The molecule has 7 heteroatoms. The van der Waals surface area contributed by atoms with E-state index >= 15 is 0 Å². The number of benzene rings is 3. The van der Waals surface area contributed by atoms with Gasteiger partial charge in [-0.2, -0.15) is 5.10 Å². The van der Waals surface area contributed by atoms with Crippen molar-refractivity contribution in [2.45, 2.75) is 4.90 Å². The van der Waals surface area contributed by atoms with Gasteiger partial charge in [0.1, 0.15) is 5.69 Å². The first-order valence-electron chi connectivity index (χ1n) is 8.74. The van der Waals surface area contributed by atoms with Gasteiger partial charge >= 0.3 is 0 Å². The molecule has 0 saturated heterocycles. The fraction of sp³-hybridized carbons (Fsp3) is 0. The highest BCUT2D eigenvalue weighted by molar-refractivity contribution is 7.92. The first kappa shape index (κ1) is 16.6. The summed E-state index contributed by atoms with van der Waals surface area (Å²) in [5, 5.41) is 9.35. The molecule has 2 aromatic heterocycles. The molecule has 0 amide bonds. The number of rotatable bonds is 4. The molecule has 0 fully saturated rings. The lowest BCUT2D eigenvalue weighted by molar-refractivity contribution is 0.601. The number of aromatic nitrogens is 3. The minimum atomic E-state index is -3.65. The lowest BCUT2D eigenvalue weighted by atomic mass is 10.1. The van der Waals surface area contributed by atoms with E-state index in [1.807, 2.05) is 36.4 Å². The van der Waals surface area contributed by atoms with Crippen LogP contribution in [0.4, 0.5) is 5.69 Å². The number of hydrogen-bond acceptors (Lipinski definition) is 3. The molecule has 5 aromatic rings. The Labute approximate surface area is 161 Å². The molecule has 3 aromatic carbocycles. The van der Waals surface area contributed by atoms with Gasteiger partial charge in [-0.1, -0.05) is 36.4 Å². The van der Waals surface area contributed by atoms with Crippen LogP contribution in [0.1, 0.15) is 0 Å². The van der Waals surface area contributed by atoms with Crippen LogP contribution in [-0.4, -0.2) is 23.6 Å². The maximum absolute atomic E-state index is 12.6. The summed E-state index contributed by atoms with van der Waals surface area (Å²) in [6.45, 7) is 0. The third-order valence-corrected chi connectivity index (χ3v) is 6.05. The average Bonchev–Trinajstić information content (AvgIpc) is 3.31. The zero-order valence-electron chi connectivity index (χ0n) is 14.7. The minimum absolute atomic E-state index is 0.220. The largest absolute Gasteiger partial charge is 0.353 e. The average molecular weight is 388 g/mol. The Morgan fingerprint density at radius 1 is 0.821 bits per heavy atom. The van der Waals surface area contributed by atoms with E-state index in [4.69, 9.17) is 0 Å². The molecule has 0 unspecified atom stereocenters. The van der Waals surface area contributed by atoms with Gasteiger partial charge < -0.3 is 4.98 Å². The van der Waals surface area contributed by atoms with E-state index in [-0.39, 0.29) is 4.90 Å². The molecular weight excluding hydrogens is 372 g/mol. The van der Waals surface area contributed by atoms with Crippen LogP contribution in [0.2, 0.25) is 0 Å². The second-order valence-corrected chi connectivity index (χ2v) is 8.20. The van der Waals surface area contributed by atoms with E-state index in [1.165, 1.54) is 0 Å². The predicted octanol–water partition coefficient (Wildman–Crippen LogP) is 4.51.